The minimum Gasteiger partial charge on any atom is -0.406 e. The van der Waals surface area contributed by atoms with E-state index in [9.17, 15) is 18.3 Å². The Morgan fingerprint density at radius 1 is 1.07 bits per heavy atom. The molecule has 2 aliphatic rings. The van der Waals surface area contributed by atoms with Gasteiger partial charge >= 0.3 is 6.36 Å². The maximum absolute atomic E-state index is 12.4. The molecule has 28 heavy (non-hydrogen) atoms. The Bertz CT molecular complexity index is 590. The average molecular weight is 445 g/mol. The summed E-state index contributed by atoms with van der Waals surface area (Å²) in [6.45, 7) is 4.91. The van der Waals surface area contributed by atoms with Gasteiger partial charge in [0.1, 0.15) is 5.75 Å². The van der Waals surface area contributed by atoms with Crippen LogP contribution in [0.1, 0.15) is 30.7 Å². The minimum absolute atomic E-state index is 0. The predicted molar refractivity (Wildman–Crippen MR) is 108 cm³/mol. The highest BCUT2D eigenvalue weighted by Gasteiger charge is 2.37. The Labute approximate surface area is 176 Å². The maximum Gasteiger partial charge on any atom is 0.573 e. The van der Waals surface area contributed by atoms with Gasteiger partial charge in [-0.05, 0) is 63.0 Å². The molecule has 2 fully saturated rings. The zero-order valence-electron chi connectivity index (χ0n) is 15.9. The van der Waals surface area contributed by atoms with Crippen molar-refractivity contribution >= 4 is 24.8 Å². The fraction of sp³-hybridized carbons (Fsp3) is 0.684. The molecule has 1 aromatic carbocycles. The second kappa shape index (κ2) is 10.9. The van der Waals surface area contributed by atoms with Gasteiger partial charge in [-0.15, -0.1) is 38.0 Å². The van der Waals surface area contributed by atoms with Crippen molar-refractivity contribution in [1.82, 2.24) is 9.80 Å². The van der Waals surface area contributed by atoms with E-state index in [4.69, 9.17) is 0 Å². The van der Waals surface area contributed by atoms with Gasteiger partial charge in [-0.1, -0.05) is 12.1 Å². The van der Waals surface area contributed by atoms with Gasteiger partial charge in [-0.25, -0.2) is 0 Å². The number of halogens is 5. The van der Waals surface area contributed by atoms with Crippen molar-refractivity contribution in [1.29, 1.82) is 0 Å². The average Bonchev–Trinajstić information content (AvgIpc) is 2.76. The number of nitrogens with zero attached hydrogens (tertiary/aromatic N) is 2. The van der Waals surface area contributed by atoms with Crippen LogP contribution in [-0.4, -0.2) is 67.1 Å². The zero-order valence-corrected chi connectivity index (χ0v) is 17.5. The molecule has 1 saturated heterocycles. The van der Waals surface area contributed by atoms with Crippen molar-refractivity contribution in [2.75, 3.05) is 39.8 Å². The Morgan fingerprint density at radius 3 is 2.29 bits per heavy atom. The van der Waals surface area contributed by atoms with Gasteiger partial charge < -0.3 is 19.6 Å². The first-order valence-electron chi connectivity index (χ1n) is 9.26. The smallest absolute Gasteiger partial charge is 0.406 e. The van der Waals surface area contributed by atoms with Gasteiger partial charge in [0.25, 0.3) is 0 Å². The number of hydrogen-bond donors (Lipinski definition) is 1. The van der Waals surface area contributed by atoms with Crippen LogP contribution in [0.15, 0.2) is 24.3 Å². The van der Waals surface area contributed by atoms with Gasteiger partial charge in [0.15, 0.2) is 0 Å². The highest BCUT2D eigenvalue weighted by molar-refractivity contribution is 5.85. The predicted octanol–water partition coefficient (Wildman–Crippen LogP) is 3.92. The van der Waals surface area contributed by atoms with Crippen molar-refractivity contribution in [3.63, 3.8) is 0 Å². The van der Waals surface area contributed by atoms with E-state index in [0.29, 0.717) is 0 Å². The third-order valence-electron chi connectivity index (χ3n) is 5.62. The molecule has 3 rings (SSSR count). The quantitative estimate of drug-likeness (QED) is 0.746. The Morgan fingerprint density at radius 2 is 1.75 bits per heavy atom. The van der Waals surface area contributed by atoms with E-state index in [-0.39, 0.29) is 48.5 Å². The maximum atomic E-state index is 12.4. The summed E-state index contributed by atoms with van der Waals surface area (Å²) in [6, 6.07) is 6.16. The highest BCUT2D eigenvalue weighted by atomic mass is 35.5. The standard InChI is InChI=1S/C19H27F3N2O2.2ClH/c1-23-9-2-10-24(12-11-23)13-17(16-7-8-18(16)25)14-3-5-15(6-4-14)26-19(20,21)22;;/h3-6,16-18,25H,2,7-13H2,1H3;2*1H. The number of rotatable bonds is 5. The van der Waals surface area contributed by atoms with E-state index in [1.54, 1.807) is 12.1 Å². The van der Waals surface area contributed by atoms with Crippen molar-refractivity contribution < 1.29 is 23.0 Å². The summed E-state index contributed by atoms with van der Waals surface area (Å²) in [5.41, 5.74) is 0.973. The molecule has 1 aliphatic heterocycles. The molecule has 1 saturated carbocycles. The van der Waals surface area contributed by atoms with E-state index in [1.807, 2.05) is 0 Å². The number of benzene rings is 1. The zero-order chi connectivity index (χ0) is 18.7. The van der Waals surface area contributed by atoms with Crippen LogP contribution in [0.3, 0.4) is 0 Å². The SMILES string of the molecule is CN1CCCN(CC(c2ccc(OC(F)(F)F)cc2)C2CCC2O)CC1.Cl.Cl. The van der Waals surface area contributed by atoms with Gasteiger partial charge in [0, 0.05) is 25.6 Å². The molecule has 3 atom stereocenters. The summed E-state index contributed by atoms with van der Waals surface area (Å²) in [7, 11) is 2.12. The molecule has 1 N–H and O–H groups in total. The monoisotopic (exact) mass is 444 g/mol. The molecular weight excluding hydrogens is 416 g/mol. The lowest BCUT2D eigenvalue weighted by atomic mass is 9.70. The lowest BCUT2D eigenvalue weighted by molar-refractivity contribution is -0.274. The van der Waals surface area contributed by atoms with Crippen molar-refractivity contribution in [3.05, 3.63) is 29.8 Å². The van der Waals surface area contributed by atoms with Crippen LogP contribution in [0.4, 0.5) is 13.2 Å². The Kier molecular flexibility index (Phi) is 9.83. The molecule has 1 heterocycles. The van der Waals surface area contributed by atoms with E-state index in [1.165, 1.54) is 12.1 Å². The van der Waals surface area contributed by atoms with Gasteiger partial charge in [-0.3, -0.25) is 0 Å². The molecule has 0 spiro atoms. The molecule has 3 unspecified atom stereocenters. The van der Waals surface area contributed by atoms with Crippen molar-refractivity contribution in [3.8, 4) is 5.75 Å². The molecule has 0 bridgehead atoms. The molecule has 0 aromatic heterocycles. The first-order chi connectivity index (χ1) is 12.3. The van der Waals surface area contributed by atoms with E-state index < -0.39 is 6.36 Å². The number of aliphatic hydroxyl groups is 1. The first kappa shape index (κ1) is 25.3. The minimum atomic E-state index is -4.68. The number of alkyl halides is 3. The normalized spacial score (nSPS) is 24.9. The van der Waals surface area contributed by atoms with E-state index in [0.717, 1.165) is 57.5 Å². The van der Waals surface area contributed by atoms with E-state index in [2.05, 4.69) is 21.6 Å². The fourth-order valence-electron chi connectivity index (χ4n) is 3.94. The topological polar surface area (TPSA) is 35.9 Å². The number of hydrogen-bond acceptors (Lipinski definition) is 4. The summed E-state index contributed by atoms with van der Waals surface area (Å²) < 4.78 is 41.0. The molecule has 1 aromatic rings. The highest BCUT2D eigenvalue weighted by Crippen LogP contribution is 2.40. The molecular formula is C19H29Cl2F3N2O2. The first-order valence-corrected chi connectivity index (χ1v) is 9.26. The second-order valence-corrected chi connectivity index (χ2v) is 7.49. The van der Waals surface area contributed by atoms with Gasteiger partial charge in [0.2, 0.25) is 0 Å². The van der Waals surface area contributed by atoms with Crippen molar-refractivity contribution in [2.45, 2.75) is 37.6 Å². The molecule has 0 radical (unpaired) electrons. The molecule has 9 heteroatoms. The van der Waals surface area contributed by atoms with Crippen LogP contribution in [0.5, 0.6) is 5.75 Å². The van der Waals surface area contributed by atoms with Crippen LogP contribution in [0.2, 0.25) is 0 Å². The summed E-state index contributed by atoms with van der Waals surface area (Å²) in [5, 5.41) is 10.2. The lowest BCUT2D eigenvalue weighted by Gasteiger charge is -2.41. The summed E-state index contributed by atoms with van der Waals surface area (Å²) in [4.78, 5) is 4.73. The van der Waals surface area contributed by atoms with Gasteiger partial charge in [-0.2, -0.15) is 0 Å². The fourth-order valence-corrected chi connectivity index (χ4v) is 3.94. The Hall–Kier alpha value is -0.730. The van der Waals surface area contributed by atoms with Crippen LogP contribution >= 0.6 is 24.8 Å². The number of ether oxygens (including phenoxy) is 1. The third-order valence-corrected chi connectivity index (χ3v) is 5.62. The van der Waals surface area contributed by atoms with Crippen LogP contribution < -0.4 is 4.74 Å². The molecule has 4 nitrogen and oxygen atoms in total. The summed E-state index contributed by atoms with van der Waals surface area (Å²) in [5.74, 6) is 0.0954. The molecule has 162 valence electrons. The number of likely N-dealkylation sites (N-methyl/N-ethyl adjacent to an activating group) is 1. The molecule has 0 amide bonds. The lowest BCUT2D eigenvalue weighted by Crippen LogP contribution is -2.42. The summed E-state index contributed by atoms with van der Waals surface area (Å²) >= 11 is 0. The largest absolute Gasteiger partial charge is 0.573 e. The van der Waals surface area contributed by atoms with Crippen LogP contribution in [0.25, 0.3) is 0 Å². The molecule has 1 aliphatic carbocycles. The number of aliphatic hydroxyl groups excluding tert-OH is 1. The summed E-state index contributed by atoms with van der Waals surface area (Å²) in [6.07, 6.45) is -2.13. The van der Waals surface area contributed by atoms with Crippen LogP contribution in [-0.2, 0) is 0 Å². The second-order valence-electron chi connectivity index (χ2n) is 7.49. The van der Waals surface area contributed by atoms with Crippen molar-refractivity contribution in [2.24, 2.45) is 5.92 Å². The van der Waals surface area contributed by atoms with E-state index >= 15 is 0 Å². The van der Waals surface area contributed by atoms with Gasteiger partial charge in [0.05, 0.1) is 6.10 Å². The van der Waals surface area contributed by atoms with Crippen LogP contribution in [0, 0.1) is 5.92 Å². The Balaban J connectivity index is 0.00000196. The third kappa shape index (κ3) is 6.95.